The van der Waals surface area contributed by atoms with Gasteiger partial charge in [0.15, 0.2) is 0 Å². The third kappa shape index (κ3) is 8.28. The molecular formula is C31H29F3N4O6. The molecule has 1 aliphatic heterocycles. The van der Waals surface area contributed by atoms with Crippen molar-refractivity contribution in [2.75, 3.05) is 0 Å². The standard InChI is InChI=1S/C31H29F3N4O6/c32-31(33,34)30(43)44-38(29(42)24-16-17-26(39)37(24)20-23-14-8-3-9-15-23)25(18-21-10-4-1-5-11-21)27(40)28(41)36-35-19-22-12-6-2-7-13-22/h1-15,24-25,35H,16-20H2,(H,36,41)/t24-,25?/m1/s1. The Bertz CT molecular complexity index is 1470. The summed E-state index contributed by atoms with van der Waals surface area (Å²) in [5.74, 6) is -7.10. The average molecular weight is 611 g/mol. The number of nitrogens with zero attached hydrogens (tertiary/aromatic N) is 2. The number of rotatable bonds is 11. The molecule has 1 saturated heterocycles. The van der Waals surface area contributed by atoms with E-state index < -0.39 is 54.2 Å². The van der Waals surface area contributed by atoms with Gasteiger partial charge < -0.3 is 9.74 Å². The second kappa shape index (κ2) is 14.4. The zero-order valence-electron chi connectivity index (χ0n) is 23.3. The van der Waals surface area contributed by atoms with E-state index in [1.807, 2.05) is 0 Å². The predicted octanol–water partition coefficient (Wildman–Crippen LogP) is 3.03. The van der Waals surface area contributed by atoms with E-state index in [4.69, 9.17) is 0 Å². The number of hydrogen-bond acceptors (Lipinski definition) is 7. The van der Waals surface area contributed by atoms with Crippen LogP contribution in [0.3, 0.4) is 0 Å². The largest absolute Gasteiger partial charge is 0.493 e. The topological polar surface area (TPSA) is 125 Å². The lowest BCUT2D eigenvalue weighted by molar-refractivity contribution is -0.244. The van der Waals surface area contributed by atoms with Gasteiger partial charge in [-0.2, -0.15) is 18.2 Å². The molecule has 2 N–H and O–H groups in total. The summed E-state index contributed by atoms with van der Waals surface area (Å²) in [6, 6.07) is 21.9. The van der Waals surface area contributed by atoms with E-state index in [2.05, 4.69) is 15.7 Å². The molecular weight excluding hydrogens is 581 g/mol. The number of benzene rings is 3. The average Bonchev–Trinajstić information content (AvgIpc) is 3.38. The van der Waals surface area contributed by atoms with Crippen LogP contribution in [0, 0.1) is 0 Å². The van der Waals surface area contributed by atoms with E-state index in [-0.39, 0.29) is 31.0 Å². The number of nitrogens with one attached hydrogen (secondary N) is 2. The molecule has 3 aromatic carbocycles. The molecule has 10 nitrogen and oxygen atoms in total. The highest BCUT2D eigenvalue weighted by Crippen LogP contribution is 2.27. The molecule has 2 atom stereocenters. The van der Waals surface area contributed by atoms with Crippen LogP contribution < -0.4 is 10.9 Å². The molecule has 0 bridgehead atoms. The number of Topliss-reactive ketones (excluding diaryl/α,β-unsaturated/α-hetero) is 1. The molecule has 1 heterocycles. The van der Waals surface area contributed by atoms with Crippen LogP contribution in [0.2, 0.25) is 0 Å². The predicted molar refractivity (Wildman–Crippen MR) is 149 cm³/mol. The van der Waals surface area contributed by atoms with Crippen LogP contribution in [0.1, 0.15) is 29.5 Å². The smallest absolute Gasteiger partial charge is 0.329 e. The van der Waals surface area contributed by atoms with Crippen LogP contribution in [0.25, 0.3) is 0 Å². The minimum Gasteiger partial charge on any atom is -0.329 e. The SMILES string of the molecule is O=C(NNCc1ccccc1)C(=O)C(Cc1ccccc1)N(OC(=O)C(F)(F)F)C(=O)[C@H]1CCC(=O)N1Cc1ccccc1. The van der Waals surface area contributed by atoms with Crippen molar-refractivity contribution in [3.8, 4) is 0 Å². The van der Waals surface area contributed by atoms with Crippen molar-refractivity contribution in [3.05, 3.63) is 108 Å². The van der Waals surface area contributed by atoms with Gasteiger partial charge in [-0.05, 0) is 23.1 Å². The summed E-state index contributed by atoms with van der Waals surface area (Å²) >= 11 is 0. The van der Waals surface area contributed by atoms with Crippen LogP contribution in [0.5, 0.6) is 0 Å². The highest BCUT2D eigenvalue weighted by atomic mass is 19.4. The first-order chi connectivity index (χ1) is 21.0. The van der Waals surface area contributed by atoms with E-state index in [1.165, 1.54) is 12.1 Å². The fourth-order valence-corrected chi connectivity index (χ4v) is 4.67. The van der Waals surface area contributed by atoms with Crippen molar-refractivity contribution in [2.24, 2.45) is 0 Å². The normalized spacial score (nSPS) is 15.4. The van der Waals surface area contributed by atoms with Gasteiger partial charge in [-0.15, -0.1) is 0 Å². The molecule has 0 aromatic heterocycles. The molecule has 4 rings (SSSR count). The number of carbonyl (C=O) groups is 5. The highest BCUT2D eigenvalue weighted by Gasteiger charge is 2.49. The van der Waals surface area contributed by atoms with Crippen LogP contribution >= 0.6 is 0 Å². The van der Waals surface area contributed by atoms with E-state index in [0.29, 0.717) is 11.1 Å². The van der Waals surface area contributed by atoms with E-state index in [9.17, 15) is 37.1 Å². The van der Waals surface area contributed by atoms with Crippen molar-refractivity contribution in [3.63, 3.8) is 0 Å². The van der Waals surface area contributed by atoms with Gasteiger partial charge in [-0.3, -0.25) is 24.6 Å². The number of carbonyl (C=O) groups excluding carboxylic acids is 5. The first-order valence-corrected chi connectivity index (χ1v) is 13.6. The lowest BCUT2D eigenvalue weighted by atomic mass is 10.0. The zero-order chi connectivity index (χ0) is 31.7. The zero-order valence-corrected chi connectivity index (χ0v) is 23.3. The molecule has 1 aliphatic rings. The first kappa shape index (κ1) is 31.9. The van der Waals surface area contributed by atoms with E-state index >= 15 is 0 Å². The quantitative estimate of drug-likeness (QED) is 0.253. The molecule has 3 amide bonds. The second-order valence-electron chi connectivity index (χ2n) is 9.97. The molecule has 13 heteroatoms. The van der Waals surface area contributed by atoms with Crippen molar-refractivity contribution in [2.45, 2.75) is 50.6 Å². The number of hydroxylamine groups is 2. The fraction of sp³-hybridized carbons (Fsp3) is 0.258. The van der Waals surface area contributed by atoms with E-state index in [0.717, 1.165) is 10.5 Å². The number of halogens is 3. The number of likely N-dealkylation sites (tertiary alicyclic amines) is 1. The molecule has 1 fully saturated rings. The molecule has 0 saturated carbocycles. The number of ketones is 1. The Kier molecular flexibility index (Phi) is 10.5. The van der Waals surface area contributed by atoms with Gasteiger partial charge >= 0.3 is 18.1 Å². The van der Waals surface area contributed by atoms with Crippen molar-refractivity contribution >= 4 is 29.5 Å². The summed E-state index contributed by atoms with van der Waals surface area (Å²) in [6.45, 7) is 0.0475. The Morgan fingerprint density at radius 3 is 1.98 bits per heavy atom. The third-order valence-electron chi connectivity index (χ3n) is 6.86. The minimum absolute atomic E-state index is 0.00317. The number of alkyl halides is 3. The van der Waals surface area contributed by atoms with Gasteiger partial charge in [-0.25, -0.2) is 10.2 Å². The second-order valence-corrected chi connectivity index (χ2v) is 9.97. The molecule has 0 spiro atoms. The van der Waals surface area contributed by atoms with Crippen LogP contribution in [0.4, 0.5) is 13.2 Å². The Balaban J connectivity index is 1.64. The van der Waals surface area contributed by atoms with Gasteiger partial charge in [0.1, 0.15) is 12.1 Å². The van der Waals surface area contributed by atoms with Gasteiger partial charge in [0.25, 0.3) is 5.91 Å². The van der Waals surface area contributed by atoms with Crippen molar-refractivity contribution in [1.29, 1.82) is 0 Å². The van der Waals surface area contributed by atoms with E-state index in [1.54, 1.807) is 78.9 Å². The van der Waals surface area contributed by atoms with Gasteiger partial charge in [0.05, 0.1) is 0 Å². The van der Waals surface area contributed by atoms with Crippen LogP contribution in [-0.4, -0.2) is 57.7 Å². The lowest BCUT2D eigenvalue weighted by Gasteiger charge is -2.33. The van der Waals surface area contributed by atoms with Crippen LogP contribution in [0.15, 0.2) is 91.0 Å². The number of hydrogen-bond donors (Lipinski definition) is 2. The summed E-state index contributed by atoms with van der Waals surface area (Å²) in [4.78, 5) is 70.9. The third-order valence-corrected chi connectivity index (χ3v) is 6.86. The Morgan fingerprint density at radius 2 is 1.41 bits per heavy atom. The Morgan fingerprint density at radius 1 is 0.864 bits per heavy atom. The van der Waals surface area contributed by atoms with Crippen LogP contribution in [-0.2, 0) is 48.3 Å². The fourth-order valence-electron chi connectivity index (χ4n) is 4.67. The monoisotopic (exact) mass is 610 g/mol. The first-order valence-electron chi connectivity index (χ1n) is 13.6. The molecule has 230 valence electrons. The maximum absolute atomic E-state index is 13.9. The van der Waals surface area contributed by atoms with Gasteiger partial charge in [0, 0.05) is 25.9 Å². The van der Waals surface area contributed by atoms with Crippen molar-refractivity contribution in [1.82, 2.24) is 20.8 Å². The Hall–Kier alpha value is -5.04. The minimum atomic E-state index is -5.53. The lowest BCUT2D eigenvalue weighted by Crippen LogP contribution is -2.57. The highest BCUT2D eigenvalue weighted by molar-refractivity contribution is 6.38. The Labute approximate surface area is 250 Å². The molecule has 0 radical (unpaired) electrons. The summed E-state index contributed by atoms with van der Waals surface area (Å²) in [7, 11) is 0. The molecule has 1 unspecified atom stereocenters. The molecule has 0 aliphatic carbocycles. The summed E-state index contributed by atoms with van der Waals surface area (Å²) in [6.07, 6.45) is -6.22. The summed E-state index contributed by atoms with van der Waals surface area (Å²) in [5.41, 5.74) is 6.51. The van der Waals surface area contributed by atoms with Gasteiger partial charge in [-0.1, -0.05) is 91.0 Å². The van der Waals surface area contributed by atoms with Gasteiger partial charge in [0.2, 0.25) is 11.7 Å². The molecule has 3 aromatic rings. The van der Waals surface area contributed by atoms with Crippen molar-refractivity contribution < 1.29 is 42.0 Å². The maximum atomic E-state index is 13.9. The maximum Gasteiger partial charge on any atom is 0.493 e. The summed E-state index contributed by atoms with van der Waals surface area (Å²) < 4.78 is 40.2. The number of amides is 3. The summed E-state index contributed by atoms with van der Waals surface area (Å²) in [5, 5.41) is 0.00317. The number of hydrazine groups is 1. The molecule has 44 heavy (non-hydrogen) atoms.